The van der Waals surface area contributed by atoms with Crippen molar-refractivity contribution in [3.8, 4) is 0 Å². The van der Waals surface area contributed by atoms with Gasteiger partial charge in [0.2, 0.25) is 6.33 Å². The molecule has 2 rings (SSSR count). The largest absolute Gasteiger partial charge is 0.395 e. The average Bonchev–Trinajstić information content (AvgIpc) is 2.94. The summed E-state index contributed by atoms with van der Waals surface area (Å²) in [4.78, 5) is 13.5. The van der Waals surface area contributed by atoms with Crippen molar-refractivity contribution in [3.63, 3.8) is 0 Å². The predicted molar refractivity (Wildman–Crippen MR) is 75.1 cm³/mol. The third-order valence-corrected chi connectivity index (χ3v) is 3.87. The summed E-state index contributed by atoms with van der Waals surface area (Å²) in [6, 6.07) is 0. The minimum atomic E-state index is -0.944. The minimum absolute atomic E-state index is 0.0694. The normalized spacial score (nSPS) is 28.1. The highest BCUT2D eigenvalue weighted by atomic mass is 32.2. The second-order valence-corrected chi connectivity index (χ2v) is 5.28. The van der Waals surface area contributed by atoms with Gasteiger partial charge in [-0.05, 0) is 23.1 Å². The van der Waals surface area contributed by atoms with Gasteiger partial charge in [-0.2, -0.15) is 0 Å². The van der Waals surface area contributed by atoms with Gasteiger partial charge in [0.1, 0.15) is 18.3 Å². The number of rotatable bonds is 3. The minimum Gasteiger partial charge on any atom is -0.394 e. The van der Waals surface area contributed by atoms with Gasteiger partial charge in [-0.15, -0.1) is 11.8 Å². The third-order valence-electron chi connectivity index (χ3n) is 3.01. The van der Waals surface area contributed by atoms with Crippen LogP contribution in [0.4, 0.5) is 5.82 Å². The zero-order valence-corrected chi connectivity index (χ0v) is 12.7. The van der Waals surface area contributed by atoms with Crippen LogP contribution in [-0.4, -0.2) is 67.1 Å². The van der Waals surface area contributed by atoms with Crippen LogP contribution in [0.25, 0.3) is 0 Å². The zero-order valence-electron chi connectivity index (χ0n) is 11.9. The molecule has 4 atom stereocenters. The number of hydrogen-bond acceptors (Lipinski definition) is 8. The summed E-state index contributed by atoms with van der Waals surface area (Å²) < 4.78 is 6.61. The molecule has 0 amide bonds. The maximum Gasteiger partial charge on any atom is 0.395 e. The Morgan fingerprint density at radius 3 is 2.43 bits per heavy atom. The van der Waals surface area contributed by atoms with E-state index in [1.807, 2.05) is 0 Å². The van der Waals surface area contributed by atoms with E-state index < -0.39 is 23.2 Å². The van der Waals surface area contributed by atoms with Crippen molar-refractivity contribution >= 4 is 17.6 Å². The van der Waals surface area contributed by atoms with Gasteiger partial charge in [0.25, 0.3) is 0 Å². The molecular weight excluding hydrogens is 302 g/mol. The van der Waals surface area contributed by atoms with Crippen LogP contribution >= 0.6 is 11.8 Å². The van der Waals surface area contributed by atoms with Crippen molar-refractivity contribution in [1.29, 1.82) is 0 Å². The summed E-state index contributed by atoms with van der Waals surface area (Å²) in [7, 11) is 1.73. The molecule has 120 valence electrons. The Kier molecular flexibility index (Phi) is 6.55. The molecule has 0 radical (unpaired) electrons. The number of aliphatic hydroxyl groups is 3. The smallest absolute Gasteiger partial charge is 0.394 e. The molecule has 9 nitrogen and oxygen atoms in total. The topological polar surface area (TPSA) is 131 Å². The molecule has 2 heterocycles. The standard InChI is InChI=1S/C6H12O4.C5H7N3O2S/c1-3-5(8)6(9)4(2-7)10-3;1-7-3-6-4(8(9)10)5(7)11-2/h3-9H,2H2,1H3;3H,1-2H3/t3-,4+,5+,6?;/m0./s1. The lowest BCUT2D eigenvalue weighted by atomic mass is 10.1. The van der Waals surface area contributed by atoms with E-state index in [-0.39, 0.29) is 18.5 Å². The number of thioether (sulfide) groups is 1. The van der Waals surface area contributed by atoms with Crippen molar-refractivity contribution in [3.05, 3.63) is 16.4 Å². The highest BCUT2D eigenvalue weighted by Crippen LogP contribution is 2.24. The molecule has 0 spiro atoms. The van der Waals surface area contributed by atoms with Crippen LogP contribution in [0.2, 0.25) is 0 Å². The van der Waals surface area contributed by atoms with Gasteiger partial charge in [-0.25, -0.2) is 0 Å². The van der Waals surface area contributed by atoms with Gasteiger partial charge in [0, 0.05) is 7.05 Å². The van der Waals surface area contributed by atoms with Gasteiger partial charge in [-0.1, -0.05) is 0 Å². The number of nitro groups is 1. The molecule has 1 fully saturated rings. The monoisotopic (exact) mass is 321 g/mol. The summed E-state index contributed by atoms with van der Waals surface area (Å²) in [6.07, 6.45) is 0.405. The first-order chi connectivity index (χ1) is 9.83. The Hall–Kier alpha value is -1.20. The van der Waals surface area contributed by atoms with E-state index in [9.17, 15) is 10.1 Å². The lowest BCUT2D eigenvalue weighted by molar-refractivity contribution is -0.392. The Bertz CT molecular complexity index is 483. The molecule has 10 heteroatoms. The van der Waals surface area contributed by atoms with E-state index in [1.165, 1.54) is 18.1 Å². The molecule has 1 aliphatic rings. The van der Waals surface area contributed by atoms with Crippen LogP contribution < -0.4 is 0 Å². The Morgan fingerprint density at radius 2 is 2.14 bits per heavy atom. The first kappa shape index (κ1) is 17.9. The third kappa shape index (κ3) is 4.14. The number of hydrogen-bond donors (Lipinski definition) is 3. The summed E-state index contributed by atoms with van der Waals surface area (Å²) in [5.74, 6) is -0.0694. The molecule has 1 saturated heterocycles. The molecule has 21 heavy (non-hydrogen) atoms. The van der Waals surface area contributed by atoms with Gasteiger partial charge in [-0.3, -0.25) is 0 Å². The quantitative estimate of drug-likeness (QED) is 0.387. The van der Waals surface area contributed by atoms with E-state index in [0.717, 1.165) is 0 Å². The van der Waals surface area contributed by atoms with Gasteiger partial charge in [0.05, 0.1) is 12.7 Å². The lowest BCUT2D eigenvalue weighted by Gasteiger charge is -2.10. The van der Waals surface area contributed by atoms with E-state index in [4.69, 9.17) is 20.1 Å². The number of aromatic nitrogens is 2. The highest BCUT2D eigenvalue weighted by molar-refractivity contribution is 7.98. The molecule has 0 bridgehead atoms. The van der Waals surface area contributed by atoms with E-state index >= 15 is 0 Å². The fraction of sp³-hybridized carbons (Fsp3) is 0.727. The van der Waals surface area contributed by atoms with Crippen molar-refractivity contribution in [2.24, 2.45) is 7.05 Å². The van der Waals surface area contributed by atoms with Crippen LogP contribution in [0.15, 0.2) is 11.4 Å². The Balaban J connectivity index is 0.000000211. The van der Waals surface area contributed by atoms with E-state index in [2.05, 4.69) is 4.98 Å². The molecule has 1 aromatic heterocycles. The van der Waals surface area contributed by atoms with E-state index in [1.54, 1.807) is 24.8 Å². The second kappa shape index (κ2) is 7.71. The number of nitrogens with zero attached hydrogens (tertiary/aromatic N) is 3. The summed E-state index contributed by atoms with van der Waals surface area (Å²) in [5, 5.41) is 37.6. The molecule has 1 aliphatic heterocycles. The maximum atomic E-state index is 10.3. The van der Waals surface area contributed by atoms with E-state index in [0.29, 0.717) is 5.03 Å². The second-order valence-electron chi connectivity index (χ2n) is 4.49. The number of aryl methyl sites for hydroxylation is 1. The number of aliphatic hydroxyl groups excluding tert-OH is 3. The van der Waals surface area contributed by atoms with Crippen LogP contribution in [0, 0.1) is 10.1 Å². The maximum absolute atomic E-state index is 10.3. The Labute approximate surface area is 125 Å². The molecule has 0 aliphatic carbocycles. The Morgan fingerprint density at radius 1 is 1.52 bits per heavy atom. The van der Waals surface area contributed by atoms with Crippen molar-refractivity contribution in [2.45, 2.75) is 36.4 Å². The van der Waals surface area contributed by atoms with Gasteiger partial charge in [0.15, 0.2) is 5.03 Å². The lowest BCUT2D eigenvalue weighted by Crippen LogP contribution is -2.33. The van der Waals surface area contributed by atoms with Crippen LogP contribution in [0.3, 0.4) is 0 Å². The molecule has 3 N–H and O–H groups in total. The summed E-state index contributed by atoms with van der Waals surface area (Å²) in [5.41, 5.74) is 0. The van der Waals surface area contributed by atoms with Crippen LogP contribution in [-0.2, 0) is 11.8 Å². The average molecular weight is 321 g/mol. The zero-order chi connectivity index (χ0) is 16.2. The van der Waals surface area contributed by atoms with Gasteiger partial charge >= 0.3 is 5.82 Å². The molecule has 0 aromatic carbocycles. The first-order valence-electron chi connectivity index (χ1n) is 6.15. The highest BCUT2D eigenvalue weighted by Gasteiger charge is 2.39. The van der Waals surface area contributed by atoms with Crippen LogP contribution in [0.5, 0.6) is 0 Å². The fourth-order valence-electron chi connectivity index (χ4n) is 1.85. The molecule has 1 aromatic rings. The number of ether oxygens (including phenoxy) is 1. The summed E-state index contributed by atoms with van der Waals surface area (Å²) in [6.45, 7) is 1.41. The SMILES string of the molecule is CSc1c([N+](=O)[O-])ncn1C.C[C@@H]1O[C@H](CO)C(O)[C@@H]1O. The first-order valence-corrected chi connectivity index (χ1v) is 7.38. The fourth-order valence-corrected chi connectivity index (χ4v) is 2.50. The van der Waals surface area contributed by atoms with Crippen molar-refractivity contribution in [2.75, 3.05) is 12.9 Å². The molecule has 1 unspecified atom stereocenters. The van der Waals surface area contributed by atoms with Crippen LogP contribution in [0.1, 0.15) is 6.92 Å². The molecular formula is C11H19N3O6S. The van der Waals surface area contributed by atoms with Gasteiger partial charge < -0.3 is 34.7 Å². The van der Waals surface area contributed by atoms with Crippen molar-refractivity contribution < 1.29 is 25.0 Å². The summed E-state index contributed by atoms with van der Waals surface area (Å²) >= 11 is 1.32. The molecule has 0 saturated carbocycles. The van der Waals surface area contributed by atoms with Crippen molar-refractivity contribution in [1.82, 2.24) is 9.55 Å². The number of imidazole rings is 1. The predicted octanol–water partition coefficient (Wildman–Crippen LogP) is -0.462.